The maximum Gasteiger partial charge on any atom is 0.331 e. The number of hydrogen-bond acceptors (Lipinski definition) is 5. The number of phenolic OH excluding ortho intramolecular Hbond substituents is 1. The number of carbonyl (C=O) groups is 2. The fraction of sp³-hybridized carbons (Fsp3) is 0.200. The fourth-order valence-electron chi connectivity index (χ4n) is 2.33. The maximum atomic E-state index is 12.3. The van der Waals surface area contributed by atoms with Gasteiger partial charge in [-0.05, 0) is 42.8 Å². The largest absolute Gasteiger partial charge is 0.504 e. The van der Waals surface area contributed by atoms with Crippen LogP contribution in [0.3, 0.4) is 0 Å². The van der Waals surface area contributed by atoms with Gasteiger partial charge in [0.25, 0.3) is 5.91 Å². The molecule has 1 N–H and O–H groups in total. The molecule has 0 saturated heterocycles. The van der Waals surface area contributed by atoms with Crippen molar-refractivity contribution in [3.63, 3.8) is 0 Å². The van der Waals surface area contributed by atoms with Gasteiger partial charge in [0, 0.05) is 18.3 Å². The number of ether oxygens (including phenoxy) is 2. The summed E-state index contributed by atoms with van der Waals surface area (Å²) in [4.78, 5) is 25.6. The second-order valence-electron chi connectivity index (χ2n) is 5.35. The quantitative estimate of drug-likeness (QED) is 0.610. The average Bonchev–Trinajstić information content (AvgIpc) is 2.67. The summed E-state index contributed by atoms with van der Waals surface area (Å²) < 4.78 is 10.0. The number of aromatic hydroxyl groups is 1. The van der Waals surface area contributed by atoms with Crippen LogP contribution in [0.4, 0.5) is 5.69 Å². The van der Waals surface area contributed by atoms with Crippen molar-refractivity contribution in [3.05, 3.63) is 60.2 Å². The van der Waals surface area contributed by atoms with Crippen molar-refractivity contribution in [2.45, 2.75) is 6.92 Å². The zero-order valence-electron chi connectivity index (χ0n) is 14.7. The Hall–Kier alpha value is -3.28. The molecule has 2 aromatic rings. The van der Waals surface area contributed by atoms with Crippen LogP contribution >= 0.6 is 0 Å². The summed E-state index contributed by atoms with van der Waals surface area (Å²) in [6.07, 6.45) is 2.74. The van der Waals surface area contributed by atoms with Gasteiger partial charge in [-0.25, -0.2) is 4.79 Å². The van der Waals surface area contributed by atoms with Crippen LogP contribution in [0.15, 0.2) is 54.6 Å². The molecule has 0 heterocycles. The molecule has 0 saturated carbocycles. The smallest absolute Gasteiger partial charge is 0.331 e. The summed E-state index contributed by atoms with van der Waals surface area (Å²) in [7, 11) is 1.44. The highest BCUT2D eigenvalue weighted by Gasteiger charge is 2.15. The molecule has 0 aliphatic heterocycles. The van der Waals surface area contributed by atoms with Gasteiger partial charge in [0.15, 0.2) is 18.1 Å². The first-order chi connectivity index (χ1) is 12.5. The molecule has 0 atom stereocenters. The SMILES string of the molecule is CCN(C(=O)COC(=O)/C=C/c1ccc(O)c(OC)c1)c1ccccc1. The molecule has 2 aromatic carbocycles. The van der Waals surface area contributed by atoms with Crippen LogP contribution in [0.2, 0.25) is 0 Å². The number of esters is 1. The van der Waals surface area contributed by atoms with Crippen molar-refractivity contribution in [2.75, 3.05) is 25.2 Å². The Bertz CT molecular complexity index is 786. The highest BCUT2D eigenvalue weighted by Crippen LogP contribution is 2.26. The molecule has 0 spiro atoms. The van der Waals surface area contributed by atoms with E-state index in [1.54, 1.807) is 17.0 Å². The standard InChI is InChI=1S/C20H21NO5/c1-3-21(16-7-5-4-6-8-16)19(23)14-26-20(24)12-10-15-9-11-17(22)18(13-15)25-2/h4-13,22H,3,14H2,1-2H3/b12-10+. The second kappa shape index (κ2) is 9.27. The average molecular weight is 355 g/mol. The van der Waals surface area contributed by atoms with Crippen LogP contribution in [0, 0.1) is 0 Å². The highest BCUT2D eigenvalue weighted by molar-refractivity contribution is 5.96. The van der Waals surface area contributed by atoms with Crippen LogP contribution in [0.1, 0.15) is 12.5 Å². The van der Waals surface area contributed by atoms with Gasteiger partial charge in [-0.2, -0.15) is 0 Å². The number of rotatable bonds is 7. The van der Waals surface area contributed by atoms with Gasteiger partial charge in [-0.15, -0.1) is 0 Å². The normalized spacial score (nSPS) is 10.5. The van der Waals surface area contributed by atoms with Crippen molar-refractivity contribution in [3.8, 4) is 11.5 Å². The molecular weight excluding hydrogens is 334 g/mol. The predicted molar refractivity (Wildman–Crippen MR) is 99.1 cm³/mol. The van der Waals surface area contributed by atoms with Gasteiger partial charge < -0.3 is 19.5 Å². The van der Waals surface area contributed by atoms with E-state index in [-0.39, 0.29) is 18.3 Å². The van der Waals surface area contributed by atoms with Gasteiger partial charge in [0.1, 0.15) is 0 Å². The minimum Gasteiger partial charge on any atom is -0.504 e. The van der Waals surface area contributed by atoms with Crippen LogP contribution in [-0.2, 0) is 14.3 Å². The molecule has 0 unspecified atom stereocenters. The lowest BCUT2D eigenvalue weighted by molar-refractivity contribution is -0.142. The summed E-state index contributed by atoms with van der Waals surface area (Å²) in [5, 5.41) is 9.54. The Morgan fingerprint density at radius 2 is 1.88 bits per heavy atom. The third-order valence-electron chi connectivity index (χ3n) is 3.64. The van der Waals surface area contributed by atoms with Gasteiger partial charge >= 0.3 is 5.97 Å². The first-order valence-electron chi connectivity index (χ1n) is 8.12. The Labute approximate surface area is 152 Å². The molecule has 0 fully saturated rings. The number of phenols is 1. The molecule has 1 amide bonds. The van der Waals surface area contributed by atoms with Gasteiger partial charge in [-0.3, -0.25) is 4.79 Å². The Kier molecular flexibility index (Phi) is 6.79. The van der Waals surface area contributed by atoms with Gasteiger partial charge in [0.05, 0.1) is 7.11 Å². The molecule has 6 nitrogen and oxygen atoms in total. The molecule has 26 heavy (non-hydrogen) atoms. The third kappa shape index (κ3) is 5.11. The Balaban J connectivity index is 1.92. The van der Waals surface area contributed by atoms with E-state index in [0.29, 0.717) is 17.9 Å². The molecule has 0 aliphatic rings. The minimum absolute atomic E-state index is 0.0124. The molecule has 0 aromatic heterocycles. The van der Waals surface area contributed by atoms with E-state index < -0.39 is 5.97 Å². The van der Waals surface area contributed by atoms with E-state index in [0.717, 1.165) is 5.69 Å². The summed E-state index contributed by atoms with van der Waals surface area (Å²) in [6.45, 7) is 1.99. The topological polar surface area (TPSA) is 76.1 Å². The first-order valence-corrected chi connectivity index (χ1v) is 8.12. The van der Waals surface area contributed by atoms with Crippen molar-refractivity contribution >= 4 is 23.6 Å². The lowest BCUT2D eigenvalue weighted by atomic mass is 10.2. The molecule has 136 valence electrons. The van der Waals surface area contributed by atoms with E-state index in [1.165, 1.54) is 25.3 Å². The number of anilines is 1. The van der Waals surface area contributed by atoms with Crippen LogP contribution in [0.25, 0.3) is 6.08 Å². The summed E-state index contributed by atoms with van der Waals surface area (Å²) in [6, 6.07) is 13.9. The van der Waals surface area contributed by atoms with Crippen molar-refractivity contribution < 1.29 is 24.2 Å². The third-order valence-corrected chi connectivity index (χ3v) is 3.64. The van der Waals surface area contributed by atoms with Crippen molar-refractivity contribution in [2.24, 2.45) is 0 Å². The number of amides is 1. The van der Waals surface area contributed by atoms with E-state index >= 15 is 0 Å². The predicted octanol–water partition coefficient (Wildman–Crippen LogP) is 3.01. The zero-order valence-corrected chi connectivity index (χ0v) is 14.7. The Morgan fingerprint density at radius 3 is 2.54 bits per heavy atom. The number of likely N-dealkylation sites (N-methyl/N-ethyl adjacent to an activating group) is 1. The lowest BCUT2D eigenvalue weighted by Gasteiger charge is -2.20. The first kappa shape index (κ1) is 19.1. The second-order valence-corrected chi connectivity index (χ2v) is 5.35. The molecule has 6 heteroatoms. The Morgan fingerprint density at radius 1 is 1.15 bits per heavy atom. The molecule has 0 aliphatic carbocycles. The molecular formula is C20H21NO5. The molecule has 0 radical (unpaired) electrons. The fourth-order valence-corrected chi connectivity index (χ4v) is 2.33. The van der Waals surface area contributed by atoms with Crippen molar-refractivity contribution in [1.82, 2.24) is 0 Å². The van der Waals surface area contributed by atoms with Crippen molar-refractivity contribution in [1.29, 1.82) is 0 Å². The zero-order chi connectivity index (χ0) is 18.9. The summed E-state index contributed by atoms with van der Waals surface area (Å²) >= 11 is 0. The number of nitrogens with zero attached hydrogens (tertiary/aromatic N) is 1. The summed E-state index contributed by atoms with van der Waals surface area (Å²) in [5.74, 6) is -0.614. The van der Waals surface area contributed by atoms with Crippen LogP contribution < -0.4 is 9.64 Å². The number of para-hydroxylation sites is 1. The lowest BCUT2D eigenvalue weighted by Crippen LogP contribution is -2.34. The minimum atomic E-state index is -0.630. The highest BCUT2D eigenvalue weighted by atomic mass is 16.5. The van der Waals surface area contributed by atoms with E-state index in [4.69, 9.17) is 9.47 Å². The monoisotopic (exact) mass is 355 g/mol. The van der Waals surface area contributed by atoms with Crippen LogP contribution in [0.5, 0.6) is 11.5 Å². The number of carbonyl (C=O) groups excluding carboxylic acids is 2. The molecule has 0 bridgehead atoms. The van der Waals surface area contributed by atoms with E-state index in [2.05, 4.69) is 0 Å². The maximum absolute atomic E-state index is 12.3. The number of benzene rings is 2. The molecule has 2 rings (SSSR count). The van der Waals surface area contributed by atoms with E-state index in [1.807, 2.05) is 37.3 Å². The van der Waals surface area contributed by atoms with Crippen LogP contribution in [-0.4, -0.2) is 37.2 Å². The van der Waals surface area contributed by atoms with E-state index in [9.17, 15) is 14.7 Å². The van der Waals surface area contributed by atoms with Gasteiger partial charge in [0.2, 0.25) is 0 Å². The summed E-state index contributed by atoms with van der Waals surface area (Å²) in [5.41, 5.74) is 1.41. The number of hydrogen-bond donors (Lipinski definition) is 1. The number of methoxy groups -OCH3 is 1. The van der Waals surface area contributed by atoms with Gasteiger partial charge in [-0.1, -0.05) is 24.3 Å².